The van der Waals surface area contributed by atoms with E-state index in [2.05, 4.69) is 212 Å². The zero-order valence-corrected chi connectivity index (χ0v) is 32.2. The number of nitrogens with zero attached hydrogens (tertiary/aromatic N) is 3. The molecule has 3 heteroatoms. The summed E-state index contributed by atoms with van der Waals surface area (Å²) in [5, 5.41) is 1.16. The van der Waals surface area contributed by atoms with Crippen LogP contribution in [0.15, 0.2) is 224 Å². The van der Waals surface area contributed by atoms with E-state index < -0.39 is 5.41 Å². The van der Waals surface area contributed by atoms with E-state index in [4.69, 9.17) is 15.0 Å². The summed E-state index contributed by atoms with van der Waals surface area (Å²) in [7, 11) is 0. The number of benzene rings is 8. The minimum Gasteiger partial charge on any atom is -0.247 e. The predicted octanol–water partition coefficient (Wildman–Crippen LogP) is 13.7. The fourth-order valence-electron chi connectivity index (χ4n) is 9.15. The summed E-state index contributed by atoms with van der Waals surface area (Å²) in [5.74, 6) is 0.687. The molecule has 8 aromatic carbocycles. The van der Waals surface area contributed by atoms with Crippen LogP contribution in [0.2, 0.25) is 0 Å². The lowest BCUT2D eigenvalue weighted by molar-refractivity contribution is 0.775. The lowest BCUT2D eigenvalue weighted by atomic mass is 9.67. The number of para-hydroxylation sites is 1. The van der Waals surface area contributed by atoms with E-state index in [0.29, 0.717) is 5.82 Å². The van der Waals surface area contributed by atoms with Crippen LogP contribution < -0.4 is 0 Å². The van der Waals surface area contributed by atoms with Gasteiger partial charge in [0.05, 0.1) is 28.0 Å². The highest BCUT2D eigenvalue weighted by atomic mass is 14.9. The van der Waals surface area contributed by atoms with Crippen molar-refractivity contribution in [1.29, 1.82) is 0 Å². The van der Waals surface area contributed by atoms with Crippen molar-refractivity contribution in [2.24, 2.45) is 0 Å². The molecule has 2 aromatic heterocycles. The van der Waals surface area contributed by atoms with Gasteiger partial charge in [-0.15, -0.1) is 0 Å². The molecule has 59 heavy (non-hydrogen) atoms. The Bertz CT molecular complexity index is 3040. The summed E-state index contributed by atoms with van der Waals surface area (Å²) >= 11 is 0. The first-order valence-electron chi connectivity index (χ1n) is 20.1. The fourth-order valence-corrected chi connectivity index (χ4v) is 9.15. The summed E-state index contributed by atoms with van der Waals surface area (Å²) in [6.07, 6.45) is 0. The van der Waals surface area contributed by atoms with Crippen LogP contribution in [0.3, 0.4) is 0 Å². The molecule has 2 heterocycles. The van der Waals surface area contributed by atoms with Gasteiger partial charge in [0.15, 0.2) is 5.82 Å². The Morgan fingerprint density at radius 1 is 0.339 bits per heavy atom. The number of fused-ring (bicyclic) bond motifs is 5. The number of aromatic nitrogens is 3. The van der Waals surface area contributed by atoms with Gasteiger partial charge in [0.1, 0.15) is 0 Å². The van der Waals surface area contributed by atoms with Crippen LogP contribution >= 0.6 is 0 Å². The van der Waals surface area contributed by atoms with Gasteiger partial charge in [-0.05, 0) is 63.2 Å². The standard InChI is InChI=1S/C56H37N3/c1-5-19-38(20-6-1)50-37-51(39-21-7-2-8-22-39)59-55(58-50)43-26-18-24-41(36-43)40-23-17-25-42(35-40)54-52-46-31-13-15-33-48(46)56(44-27-9-3-10-28-44,45-29-11-4-12-30-45)53(52)47-32-14-16-34-49(47)57-54/h1-37H. The number of pyridine rings is 1. The van der Waals surface area contributed by atoms with Crippen LogP contribution in [-0.4, -0.2) is 15.0 Å². The highest BCUT2D eigenvalue weighted by molar-refractivity contribution is 6.04. The molecule has 0 atom stereocenters. The van der Waals surface area contributed by atoms with E-state index in [-0.39, 0.29) is 0 Å². The Hall–Kier alpha value is -7.75. The molecule has 0 aliphatic heterocycles. The van der Waals surface area contributed by atoms with Crippen LogP contribution in [0.1, 0.15) is 22.3 Å². The van der Waals surface area contributed by atoms with Crippen molar-refractivity contribution < 1.29 is 0 Å². The average molecular weight is 752 g/mol. The van der Waals surface area contributed by atoms with Crippen molar-refractivity contribution in [2.75, 3.05) is 0 Å². The maximum absolute atomic E-state index is 5.53. The number of hydrogen-bond donors (Lipinski definition) is 0. The van der Waals surface area contributed by atoms with Gasteiger partial charge in [0, 0.05) is 33.2 Å². The lowest BCUT2D eigenvalue weighted by Crippen LogP contribution is -2.29. The van der Waals surface area contributed by atoms with E-state index in [0.717, 1.165) is 61.4 Å². The van der Waals surface area contributed by atoms with Gasteiger partial charge < -0.3 is 0 Å². The molecule has 0 saturated heterocycles. The topological polar surface area (TPSA) is 38.7 Å². The maximum Gasteiger partial charge on any atom is 0.160 e. The van der Waals surface area contributed by atoms with Crippen LogP contribution in [-0.2, 0) is 5.41 Å². The molecule has 3 nitrogen and oxygen atoms in total. The van der Waals surface area contributed by atoms with Crippen LogP contribution in [0.4, 0.5) is 0 Å². The zero-order chi connectivity index (χ0) is 39.2. The van der Waals surface area contributed by atoms with Gasteiger partial charge in [0.25, 0.3) is 0 Å². The molecule has 0 amide bonds. The Kier molecular flexibility index (Phi) is 8.37. The summed E-state index contributed by atoms with van der Waals surface area (Å²) < 4.78 is 0. The smallest absolute Gasteiger partial charge is 0.160 e. The second-order valence-electron chi connectivity index (χ2n) is 15.1. The second-order valence-corrected chi connectivity index (χ2v) is 15.1. The Balaban J connectivity index is 1.10. The third-order valence-corrected chi connectivity index (χ3v) is 11.7. The summed E-state index contributed by atoms with van der Waals surface area (Å²) in [4.78, 5) is 15.8. The monoisotopic (exact) mass is 751 g/mol. The lowest BCUT2D eigenvalue weighted by Gasteiger charge is -2.34. The van der Waals surface area contributed by atoms with Crippen LogP contribution in [0, 0.1) is 0 Å². The van der Waals surface area contributed by atoms with Crippen molar-refractivity contribution in [3.05, 3.63) is 247 Å². The highest BCUT2D eigenvalue weighted by Gasteiger charge is 2.48. The molecular weight excluding hydrogens is 715 g/mol. The molecule has 11 rings (SSSR count). The molecule has 0 unspecified atom stereocenters. The van der Waals surface area contributed by atoms with Crippen molar-refractivity contribution >= 4 is 10.9 Å². The SMILES string of the molecule is c1ccc(-c2cc(-c3ccccc3)nc(-c3cccc(-c4cccc(-c5nc6ccccc6c6c5-c5ccccc5C6(c5ccccc5)c5ccccc5)c4)c3)n2)cc1. The molecule has 276 valence electrons. The van der Waals surface area contributed by atoms with Gasteiger partial charge in [-0.25, -0.2) is 15.0 Å². The van der Waals surface area contributed by atoms with Gasteiger partial charge in [0.2, 0.25) is 0 Å². The van der Waals surface area contributed by atoms with Crippen LogP contribution in [0.5, 0.6) is 0 Å². The van der Waals surface area contributed by atoms with Gasteiger partial charge in [-0.2, -0.15) is 0 Å². The third-order valence-electron chi connectivity index (χ3n) is 11.7. The van der Waals surface area contributed by atoms with E-state index in [1.807, 2.05) is 12.1 Å². The first kappa shape index (κ1) is 34.5. The minimum atomic E-state index is -0.551. The van der Waals surface area contributed by atoms with E-state index in [1.165, 1.54) is 33.4 Å². The zero-order valence-electron chi connectivity index (χ0n) is 32.2. The molecule has 0 bridgehead atoms. The number of rotatable bonds is 7. The van der Waals surface area contributed by atoms with Gasteiger partial charge in [-0.3, -0.25) is 0 Å². The summed E-state index contributed by atoms with van der Waals surface area (Å²) in [6, 6.07) is 79.7. The predicted molar refractivity (Wildman–Crippen MR) is 242 cm³/mol. The van der Waals surface area contributed by atoms with Crippen molar-refractivity contribution in [2.45, 2.75) is 5.41 Å². The molecule has 0 saturated carbocycles. The second kappa shape index (κ2) is 14.3. The fraction of sp³-hybridized carbons (Fsp3) is 0.0179. The average Bonchev–Trinajstić information content (AvgIpc) is 3.64. The Labute approximate surface area is 344 Å². The quantitative estimate of drug-likeness (QED) is 0.163. The molecule has 1 aliphatic carbocycles. The molecule has 0 N–H and O–H groups in total. The molecular formula is C56H37N3. The Morgan fingerprint density at radius 2 is 0.814 bits per heavy atom. The van der Waals surface area contributed by atoms with Crippen LogP contribution in [0.25, 0.3) is 78.3 Å². The Morgan fingerprint density at radius 3 is 1.44 bits per heavy atom. The molecule has 0 radical (unpaired) electrons. The summed E-state index contributed by atoms with van der Waals surface area (Å²) in [6.45, 7) is 0. The molecule has 1 aliphatic rings. The minimum absolute atomic E-state index is 0.551. The van der Waals surface area contributed by atoms with Crippen molar-refractivity contribution in [3.63, 3.8) is 0 Å². The maximum atomic E-state index is 5.53. The van der Waals surface area contributed by atoms with Crippen molar-refractivity contribution in [1.82, 2.24) is 15.0 Å². The summed E-state index contributed by atoms with van der Waals surface area (Å²) in [5.41, 5.74) is 16.9. The molecule has 10 aromatic rings. The number of hydrogen-bond acceptors (Lipinski definition) is 3. The first-order valence-corrected chi connectivity index (χ1v) is 20.1. The van der Waals surface area contributed by atoms with Gasteiger partial charge in [-0.1, -0.05) is 200 Å². The highest BCUT2D eigenvalue weighted by Crippen LogP contribution is 2.59. The first-order chi connectivity index (χ1) is 29.3. The normalized spacial score (nSPS) is 12.5. The van der Waals surface area contributed by atoms with E-state index >= 15 is 0 Å². The molecule has 0 spiro atoms. The van der Waals surface area contributed by atoms with E-state index in [9.17, 15) is 0 Å². The van der Waals surface area contributed by atoms with Gasteiger partial charge >= 0.3 is 0 Å². The van der Waals surface area contributed by atoms with E-state index in [1.54, 1.807) is 0 Å². The van der Waals surface area contributed by atoms with Crippen molar-refractivity contribution in [3.8, 4) is 67.4 Å². The largest absolute Gasteiger partial charge is 0.247 e. The molecule has 0 fully saturated rings. The third kappa shape index (κ3) is 5.78.